The molecule has 9 heteroatoms. The van der Waals surface area contributed by atoms with E-state index in [1.807, 2.05) is 0 Å². The molecular formula is C18H25Cl2N3O4. The first-order valence-electron chi connectivity index (χ1n) is 8.64. The largest absolute Gasteiger partial charge is 0.484 e. The molecule has 27 heavy (non-hydrogen) atoms. The van der Waals surface area contributed by atoms with Gasteiger partial charge in [0.1, 0.15) is 5.75 Å². The van der Waals surface area contributed by atoms with Crippen molar-refractivity contribution in [1.29, 1.82) is 0 Å². The van der Waals surface area contributed by atoms with Crippen molar-refractivity contribution in [2.24, 2.45) is 0 Å². The van der Waals surface area contributed by atoms with Crippen molar-refractivity contribution in [2.45, 2.75) is 30.3 Å². The second-order valence-electron chi connectivity index (χ2n) is 7.10. The van der Waals surface area contributed by atoms with Gasteiger partial charge in [0.2, 0.25) is 5.91 Å². The van der Waals surface area contributed by atoms with Gasteiger partial charge in [-0.2, -0.15) is 0 Å². The van der Waals surface area contributed by atoms with Crippen molar-refractivity contribution < 1.29 is 19.1 Å². The minimum absolute atomic E-state index is 0. The maximum absolute atomic E-state index is 12.1. The van der Waals surface area contributed by atoms with Gasteiger partial charge < -0.3 is 25.4 Å². The molecule has 150 valence electrons. The summed E-state index contributed by atoms with van der Waals surface area (Å²) in [6.07, 6.45) is 2.32. The second kappa shape index (κ2) is 9.10. The van der Waals surface area contributed by atoms with Crippen LogP contribution in [0.3, 0.4) is 0 Å². The number of methoxy groups -OCH3 is 1. The lowest BCUT2D eigenvalue weighted by Gasteiger charge is -2.70. The standard InChI is InChI=1S/C18H24ClN3O4.ClH/c1-25-7-6-20-8-15(23)21-17-10-18(11-17,12-17)22-16(24)9-26-14-4-2-13(19)3-5-14;/h2-5,20H,6-12H2,1H3,(H,21,23)(H,22,24);1H. The van der Waals surface area contributed by atoms with Gasteiger partial charge in [-0.3, -0.25) is 9.59 Å². The normalized spacial score (nSPS) is 24.7. The average molecular weight is 418 g/mol. The maximum Gasteiger partial charge on any atom is 0.258 e. The zero-order valence-electron chi connectivity index (χ0n) is 15.2. The summed E-state index contributed by atoms with van der Waals surface area (Å²) in [7, 11) is 1.62. The van der Waals surface area contributed by atoms with Crippen molar-refractivity contribution >= 4 is 35.8 Å². The van der Waals surface area contributed by atoms with Crippen LogP contribution in [0.1, 0.15) is 19.3 Å². The molecule has 3 aliphatic carbocycles. The molecule has 3 aliphatic rings. The summed E-state index contributed by atoms with van der Waals surface area (Å²) in [6, 6.07) is 6.88. The molecule has 1 aromatic rings. The van der Waals surface area contributed by atoms with E-state index >= 15 is 0 Å². The monoisotopic (exact) mass is 417 g/mol. The van der Waals surface area contributed by atoms with E-state index < -0.39 is 0 Å². The second-order valence-corrected chi connectivity index (χ2v) is 7.54. The van der Waals surface area contributed by atoms with E-state index in [1.54, 1.807) is 31.4 Å². The van der Waals surface area contributed by atoms with Crippen LogP contribution in [0.5, 0.6) is 5.75 Å². The molecule has 0 unspecified atom stereocenters. The third kappa shape index (κ3) is 5.48. The molecule has 7 nitrogen and oxygen atoms in total. The highest BCUT2D eigenvalue weighted by molar-refractivity contribution is 6.30. The number of hydrogen-bond acceptors (Lipinski definition) is 5. The highest BCUT2D eigenvalue weighted by atomic mass is 35.5. The van der Waals surface area contributed by atoms with E-state index in [1.165, 1.54) is 0 Å². The summed E-state index contributed by atoms with van der Waals surface area (Å²) in [6.45, 7) is 1.46. The van der Waals surface area contributed by atoms with E-state index in [4.69, 9.17) is 21.1 Å². The van der Waals surface area contributed by atoms with Crippen molar-refractivity contribution in [1.82, 2.24) is 16.0 Å². The number of nitrogens with one attached hydrogen (secondary N) is 3. The summed E-state index contributed by atoms with van der Waals surface area (Å²) < 4.78 is 10.4. The van der Waals surface area contributed by atoms with Crippen LogP contribution in [-0.2, 0) is 14.3 Å². The van der Waals surface area contributed by atoms with E-state index in [2.05, 4.69) is 16.0 Å². The first-order valence-corrected chi connectivity index (χ1v) is 9.02. The quantitative estimate of drug-likeness (QED) is 0.499. The fourth-order valence-electron chi connectivity index (χ4n) is 3.78. The van der Waals surface area contributed by atoms with Crippen LogP contribution in [0, 0.1) is 0 Å². The number of rotatable bonds is 10. The SMILES string of the molecule is COCCNCC(=O)NC12CC(NC(=O)COc3ccc(Cl)cc3)(C1)C2.Cl. The van der Waals surface area contributed by atoms with E-state index in [0.29, 0.717) is 23.9 Å². The highest BCUT2D eigenvalue weighted by Gasteiger charge is 2.69. The van der Waals surface area contributed by atoms with Crippen LogP contribution < -0.4 is 20.7 Å². The Bertz CT molecular complexity index is 649. The van der Waals surface area contributed by atoms with Gasteiger partial charge in [-0.05, 0) is 43.5 Å². The number of halogens is 2. The van der Waals surface area contributed by atoms with Crippen LogP contribution in [0.15, 0.2) is 24.3 Å². The molecule has 0 atom stereocenters. The number of amides is 2. The maximum atomic E-state index is 12.1. The topological polar surface area (TPSA) is 88.7 Å². The van der Waals surface area contributed by atoms with Crippen molar-refractivity contribution in [3.63, 3.8) is 0 Å². The number of hydrogen-bond donors (Lipinski definition) is 3. The predicted octanol–water partition coefficient (Wildman–Crippen LogP) is 1.28. The predicted molar refractivity (Wildman–Crippen MR) is 105 cm³/mol. The Morgan fingerprint density at radius 2 is 1.67 bits per heavy atom. The lowest BCUT2D eigenvalue weighted by Crippen LogP contribution is -2.84. The van der Waals surface area contributed by atoms with Crippen molar-refractivity contribution in [2.75, 3.05) is 33.4 Å². The van der Waals surface area contributed by atoms with Gasteiger partial charge in [-0.25, -0.2) is 0 Å². The van der Waals surface area contributed by atoms with Crippen LogP contribution in [0.4, 0.5) is 0 Å². The Hall–Kier alpha value is -1.54. The molecule has 3 saturated carbocycles. The van der Waals surface area contributed by atoms with Crippen LogP contribution in [0.2, 0.25) is 5.02 Å². The van der Waals surface area contributed by atoms with Crippen LogP contribution in [-0.4, -0.2) is 56.3 Å². The zero-order chi connectivity index (χ0) is 18.6. The summed E-state index contributed by atoms with van der Waals surface area (Å²) in [5.41, 5.74) is -0.332. The molecule has 2 bridgehead atoms. The van der Waals surface area contributed by atoms with Gasteiger partial charge in [-0.1, -0.05) is 11.6 Å². The molecular weight excluding hydrogens is 393 g/mol. The molecule has 0 aromatic heterocycles. The minimum Gasteiger partial charge on any atom is -0.484 e. The molecule has 0 saturated heterocycles. The molecule has 3 fully saturated rings. The van der Waals surface area contributed by atoms with Gasteiger partial charge in [0.15, 0.2) is 6.61 Å². The third-order valence-corrected chi connectivity index (χ3v) is 5.04. The fourth-order valence-corrected chi connectivity index (χ4v) is 3.91. The number of carbonyl (C=O) groups is 2. The van der Waals surface area contributed by atoms with Gasteiger partial charge in [0.05, 0.1) is 13.2 Å². The molecule has 3 N–H and O–H groups in total. The fraction of sp³-hybridized carbons (Fsp3) is 0.556. The lowest BCUT2D eigenvalue weighted by atomic mass is 9.44. The summed E-state index contributed by atoms with van der Waals surface area (Å²) in [5.74, 6) is 0.430. The van der Waals surface area contributed by atoms with Crippen molar-refractivity contribution in [3.8, 4) is 5.75 Å². The Balaban J connectivity index is 0.00000261. The van der Waals surface area contributed by atoms with E-state index in [9.17, 15) is 9.59 Å². The molecule has 4 rings (SSSR count). The highest BCUT2D eigenvalue weighted by Crippen LogP contribution is 2.60. The smallest absolute Gasteiger partial charge is 0.258 e. The van der Waals surface area contributed by atoms with Gasteiger partial charge >= 0.3 is 0 Å². The molecule has 0 spiro atoms. The van der Waals surface area contributed by atoms with Gasteiger partial charge in [-0.15, -0.1) is 12.4 Å². The number of carbonyl (C=O) groups excluding carboxylic acids is 2. The Kier molecular flexibility index (Phi) is 7.33. The average Bonchev–Trinajstić information content (AvgIpc) is 2.55. The first kappa shape index (κ1) is 21.8. The Morgan fingerprint density at radius 1 is 1.07 bits per heavy atom. The van der Waals surface area contributed by atoms with E-state index in [0.717, 1.165) is 19.3 Å². The first-order chi connectivity index (χ1) is 12.4. The molecule has 0 heterocycles. The summed E-state index contributed by atoms with van der Waals surface area (Å²) in [5, 5.41) is 9.73. The summed E-state index contributed by atoms with van der Waals surface area (Å²) >= 11 is 5.81. The van der Waals surface area contributed by atoms with Gasteiger partial charge in [0.25, 0.3) is 5.91 Å². The van der Waals surface area contributed by atoms with Crippen LogP contribution in [0.25, 0.3) is 0 Å². The third-order valence-electron chi connectivity index (χ3n) is 4.79. The van der Waals surface area contributed by atoms with Crippen LogP contribution >= 0.6 is 24.0 Å². The lowest BCUT2D eigenvalue weighted by molar-refractivity contribution is -0.150. The Morgan fingerprint density at radius 3 is 2.26 bits per heavy atom. The van der Waals surface area contributed by atoms with E-state index in [-0.39, 0.29) is 48.5 Å². The number of ether oxygens (including phenoxy) is 2. The molecule has 0 aliphatic heterocycles. The van der Waals surface area contributed by atoms with Gasteiger partial charge in [0, 0.05) is 29.8 Å². The van der Waals surface area contributed by atoms with Crippen molar-refractivity contribution in [3.05, 3.63) is 29.3 Å². The Labute approximate surface area is 169 Å². The molecule has 2 amide bonds. The minimum atomic E-state index is -0.183. The number of benzene rings is 1. The molecule has 0 radical (unpaired) electrons. The summed E-state index contributed by atoms with van der Waals surface area (Å²) in [4.78, 5) is 24.0. The molecule has 1 aromatic carbocycles. The zero-order valence-corrected chi connectivity index (χ0v) is 16.8.